The second-order valence-corrected chi connectivity index (χ2v) is 4.21. The van der Waals surface area contributed by atoms with E-state index in [-0.39, 0.29) is 22.4 Å². The molecule has 102 valence electrons. The molecule has 0 radical (unpaired) electrons. The summed E-state index contributed by atoms with van der Waals surface area (Å²) in [6.07, 6.45) is 0. The van der Waals surface area contributed by atoms with Gasteiger partial charge in [-0.25, -0.2) is 18.2 Å². The summed E-state index contributed by atoms with van der Waals surface area (Å²) in [6, 6.07) is 6.05. The average Bonchev–Trinajstić information content (AvgIpc) is 2.82. The van der Waals surface area contributed by atoms with Crippen LogP contribution < -0.4 is 4.74 Å². The molecule has 3 rings (SSSR count). The normalized spacial score (nSPS) is 11.0. The van der Waals surface area contributed by atoms with Crippen LogP contribution in [0.1, 0.15) is 0 Å². The number of methoxy groups -OCH3 is 1. The molecular weight excluding hydrogens is 269 g/mol. The Hall–Kier alpha value is -2.50. The zero-order valence-electron chi connectivity index (χ0n) is 10.4. The smallest absolute Gasteiger partial charge is 0.153 e. The van der Waals surface area contributed by atoms with E-state index < -0.39 is 17.5 Å². The van der Waals surface area contributed by atoms with Crippen molar-refractivity contribution in [3.8, 4) is 17.1 Å². The van der Waals surface area contributed by atoms with Gasteiger partial charge >= 0.3 is 0 Å². The molecular formula is C14H9F3N2O. The number of nitrogens with one attached hydrogen (secondary N) is 1. The molecule has 1 heterocycles. The minimum Gasteiger partial charge on any atom is -0.497 e. The van der Waals surface area contributed by atoms with E-state index in [9.17, 15) is 13.2 Å². The molecule has 3 aromatic rings. The highest BCUT2D eigenvalue weighted by molar-refractivity contribution is 5.80. The summed E-state index contributed by atoms with van der Waals surface area (Å²) in [5.74, 6) is -1.59. The SMILES string of the molecule is COc1ccc(-c2nc3c(F)cc(F)cc3[nH]2)c(F)c1. The fourth-order valence-electron chi connectivity index (χ4n) is 1.98. The van der Waals surface area contributed by atoms with Crippen LogP contribution in [-0.4, -0.2) is 17.1 Å². The summed E-state index contributed by atoms with van der Waals surface area (Å²) in [7, 11) is 1.42. The van der Waals surface area contributed by atoms with E-state index in [1.54, 1.807) is 6.07 Å². The first-order valence-corrected chi connectivity index (χ1v) is 5.77. The largest absolute Gasteiger partial charge is 0.497 e. The Labute approximate surface area is 112 Å². The van der Waals surface area contributed by atoms with E-state index in [0.29, 0.717) is 5.75 Å². The number of aromatic nitrogens is 2. The molecule has 2 aromatic carbocycles. The maximum absolute atomic E-state index is 13.9. The summed E-state index contributed by atoms with van der Waals surface area (Å²) < 4.78 is 45.5. The number of hydrogen-bond donors (Lipinski definition) is 1. The second-order valence-electron chi connectivity index (χ2n) is 4.21. The summed E-state index contributed by atoms with van der Waals surface area (Å²) in [5, 5.41) is 0. The maximum atomic E-state index is 13.9. The lowest BCUT2D eigenvalue weighted by molar-refractivity contribution is 0.411. The van der Waals surface area contributed by atoms with Crippen molar-refractivity contribution in [3.63, 3.8) is 0 Å². The molecule has 3 nitrogen and oxygen atoms in total. The number of nitrogens with zero attached hydrogens (tertiary/aromatic N) is 1. The zero-order chi connectivity index (χ0) is 14.3. The molecule has 0 aliphatic heterocycles. The van der Waals surface area contributed by atoms with E-state index in [4.69, 9.17) is 4.74 Å². The topological polar surface area (TPSA) is 37.9 Å². The molecule has 0 saturated carbocycles. The van der Waals surface area contributed by atoms with Gasteiger partial charge in [-0.2, -0.15) is 0 Å². The van der Waals surface area contributed by atoms with E-state index in [1.165, 1.54) is 19.2 Å². The predicted molar refractivity (Wildman–Crippen MR) is 68.0 cm³/mol. The molecule has 1 N–H and O–H groups in total. The molecule has 0 atom stereocenters. The van der Waals surface area contributed by atoms with Gasteiger partial charge in [0.05, 0.1) is 18.2 Å². The molecule has 0 amide bonds. The third-order valence-corrected chi connectivity index (χ3v) is 2.94. The van der Waals surface area contributed by atoms with Gasteiger partial charge in [0.15, 0.2) is 5.82 Å². The first-order valence-electron chi connectivity index (χ1n) is 5.77. The fourth-order valence-corrected chi connectivity index (χ4v) is 1.98. The minimum atomic E-state index is -0.795. The Bertz CT molecular complexity index is 798. The first-order chi connectivity index (χ1) is 9.58. The van der Waals surface area contributed by atoms with Crippen LogP contribution in [0.3, 0.4) is 0 Å². The molecule has 0 fully saturated rings. The van der Waals surface area contributed by atoms with Crippen LogP contribution in [-0.2, 0) is 0 Å². The fraction of sp³-hybridized carbons (Fsp3) is 0.0714. The molecule has 0 saturated heterocycles. The zero-order valence-corrected chi connectivity index (χ0v) is 10.4. The second kappa shape index (κ2) is 4.56. The van der Waals surface area contributed by atoms with Crippen LogP contribution in [0.25, 0.3) is 22.4 Å². The number of imidazole rings is 1. The van der Waals surface area contributed by atoms with E-state index in [2.05, 4.69) is 9.97 Å². The number of hydrogen-bond acceptors (Lipinski definition) is 2. The van der Waals surface area contributed by atoms with E-state index in [0.717, 1.165) is 12.1 Å². The highest BCUT2D eigenvalue weighted by atomic mass is 19.1. The Kier molecular flexibility index (Phi) is 2.85. The molecule has 0 aliphatic carbocycles. The third kappa shape index (κ3) is 1.99. The summed E-state index contributed by atoms with van der Waals surface area (Å²) in [6.45, 7) is 0. The highest BCUT2D eigenvalue weighted by Crippen LogP contribution is 2.27. The number of halogens is 3. The van der Waals surface area contributed by atoms with Crippen LogP contribution in [0.4, 0.5) is 13.2 Å². The van der Waals surface area contributed by atoms with Crippen LogP contribution in [0.5, 0.6) is 5.75 Å². The first kappa shape index (κ1) is 12.5. The molecule has 0 spiro atoms. The van der Waals surface area contributed by atoms with Gasteiger partial charge in [0.2, 0.25) is 0 Å². The third-order valence-electron chi connectivity index (χ3n) is 2.94. The van der Waals surface area contributed by atoms with E-state index >= 15 is 0 Å². The van der Waals surface area contributed by atoms with Crippen molar-refractivity contribution in [1.29, 1.82) is 0 Å². The van der Waals surface area contributed by atoms with Crippen LogP contribution in [0, 0.1) is 17.5 Å². The van der Waals surface area contributed by atoms with Gasteiger partial charge in [0, 0.05) is 12.1 Å². The number of aromatic amines is 1. The van der Waals surface area contributed by atoms with Crippen LogP contribution in [0.15, 0.2) is 30.3 Å². The number of H-pyrrole nitrogens is 1. The van der Waals surface area contributed by atoms with Crippen molar-refractivity contribution in [3.05, 3.63) is 47.8 Å². The van der Waals surface area contributed by atoms with Crippen molar-refractivity contribution in [2.45, 2.75) is 0 Å². The van der Waals surface area contributed by atoms with Gasteiger partial charge in [0.25, 0.3) is 0 Å². The molecule has 0 unspecified atom stereocenters. The predicted octanol–water partition coefficient (Wildman–Crippen LogP) is 3.66. The number of fused-ring (bicyclic) bond motifs is 1. The number of benzene rings is 2. The highest BCUT2D eigenvalue weighted by Gasteiger charge is 2.14. The molecule has 1 aromatic heterocycles. The monoisotopic (exact) mass is 278 g/mol. The van der Waals surface area contributed by atoms with Gasteiger partial charge in [-0.1, -0.05) is 0 Å². The average molecular weight is 278 g/mol. The Morgan fingerprint density at radius 1 is 1.05 bits per heavy atom. The van der Waals surface area contributed by atoms with Gasteiger partial charge in [-0.15, -0.1) is 0 Å². The van der Waals surface area contributed by atoms with E-state index in [1.807, 2.05) is 0 Å². The van der Waals surface area contributed by atoms with Gasteiger partial charge in [-0.3, -0.25) is 0 Å². The Morgan fingerprint density at radius 2 is 1.85 bits per heavy atom. The lowest BCUT2D eigenvalue weighted by Gasteiger charge is -2.02. The standard InChI is InChI=1S/C14H9F3N2O/c1-20-8-2-3-9(10(16)6-8)14-18-12-5-7(15)4-11(17)13(12)19-14/h2-6H,1H3,(H,18,19). The minimum absolute atomic E-state index is 0.0309. The Balaban J connectivity index is 2.17. The van der Waals surface area contributed by atoms with Crippen molar-refractivity contribution < 1.29 is 17.9 Å². The Morgan fingerprint density at radius 3 is 2.55 bits per heavy atom. The van der Waals surface area contributed by atoms with Crippen molar-refractivity contribution in [2.75, 3.05) is 7.11 Å². The van der Waals surface area contributed by atoms with Crippen molar-refractivity contribution >= 4 is 11.0 Å². The summed E-state index contributed by atoms with van der Waals surface area (Å²) in [4.78, 5) is 6.66. The van der Waals surface area contributed by atoms with Crippen molar-refractivity contribution in [1.82, 2.24) is 9.97 Å². The lowest BCUT2D eigenvalue weighted by Crippen LogP contribution is -1.89. The molecule has 0 aliphatic rings. The maximum Gasteiger partial charge on any atom is 0.153 e. The lowest BCUT2D eigenvalue weighted by atomic mass is 10.2. The van der Waals surface area contributed by atoms with Gasteiger partial charge in [-0.05, 0) is 18.2 Å². The molecule has 20 heavy (non-hydrogen) atoms. The van der Waals surface area contributed by atoms with Gasteiger partial charge in [0.1, 0.15) is 28.7 Å². The number of ether oxygens (including phenoxy) is 1. The van der Waals surface area contributed by atoms with Crippen molar-refractivity contribution in [2.24, 2.45) is 0 Å². The molecule has 6 heteroatoms. The quantitative estimate of drug-likeness (QED) is 0.777. The summed E-state index contributed by atoms with van der Waals surface area (Å²) in [5.41, 5.74) is 0.297. The number of rotatable bonds is 2. The molecule has 0 bridgehead atoms. The summed E-state index contributed by atoms with van der Waals surface area (Å²) >= 11 is 0. The van der Waals surface area contributed by atoms with Crippen LogP contribution >= 0.6 is 0 Å². The van der Waals surface area contributed by atoms with Gasteiger partial charge < -0.3 is 9.72 Å². The van der Waals surface area contributed by atoms with Crippen LogP contribution in [0.2, 0.25) is 0 Å².